The number of hydrogen-bond acceptors (Lipinski definition) is 2. The van der Waals surface area contributed by atoms with Gasteiger partial charge in [-0.3, -0.25) is 0 Å². The summed E-state index contributed by atoms with van der Waals surface area (Å²) in [6.07, 6.45) is 0.962. The van der Waals surface area contributed by atoms with Crippen LogP contribution in [0.25, 0.3) is 10.9 Å². The van der Waals surface area contributed by atoms with E-state index in [0.717, 1.165) is 23.5 Å². The average Bonchev–Trinajstić information content (AvgIpc) is 2.17. The second-order valence-electron chi connectivity index (χ2n) is 3.59. The van der Waals surface area contributed by atoms with E-state index in [2.05, 4.69) is 42.0 Å². The lowest BCUT2D eigenvalue weighted by Gasteiger charge is -2.05. The molecule has 0 unspecified atom stereocenters. The molecule has 0 fully saturated rings. The Morgan fingerprint density at radius 1 is 1.14 bits per heavy atom. The molecule has 0 radical (unpaired) electrons. The van der Waals surface area contributed by atoms with Crippen LogP contribution in [-0.4, -0.2) is 9.97 Å². The van der Waals surface area contributed by atoms with Crippen molar-refractivity contribution >= 4 is 10.9 Å². The maximum absolute atomic E-state index is 4.45. The normalized spacial score (nSPS) is 10.8. The van der Waals surface area contributed by atoms with E-state index in [1.54, 1.807) is 0 Å². The lowest BCUT2D eigenvalue weighted by Crippen LogP contribution is -1.96. The van der Waals surface area contributed by atoms with Crippen molar-refractivity contribution in [3.8, 4) is 0 Å². The summed E-state index contributed by atoms with van der Waals surface area (Å²) < 4.78 is 0. The van der Waals surface area contributed by atoms with Crippen LogP contribution in [0.3, 0.4) is 0 Å². The predicted octanol–water partition coefficient (Wildman–Crippen LogP) is 2.81. The number of aromatic nitrogens is 2. The van der Waals surface area contributed by atoms with E-state index in [1.165, 1.54) is 10.9 Å². The highest BCUT2D eigenvalue weighted by molar-refractivity contribution is 5.81. The summed E-state index contributed by atoms with van der Waals surface area (Å²) in [6, 6.07) is 6.32. The molecule has 0 saturated carbocycles. The molecule has 2 aromatic rings. The first kappa shape index (κ1) is 9.13. The van der Waals surface area contributed by atoms with Crippen molar-refractivity contribution in [3.05, 3.63) is 35.3 Å². The van der Waals surface area contributed by atoms with Crippen LogP contribution in [0, 0.1) is 13.8 Å². The SMILES string of the molecule is CCc1nc(C)nc2ccc(C)cc12. The molecule has 0 aliphatic carbocycles. The number of fused-ring (bicyclic) bond motifs is 1. The summed E-state index contributed by atoms with van der Waals surface area (Å²) in [5.74, 6) is 0.859. The van der Waals surface area contributed by atoms with E-state index < -0.39 is 0 Å². The number of benzene rings is 1. The van der Waals surface area contributed by atoms with E-state index in [9.17, 15) is 0 Å². The number of nitrogens with zero attached hydrogens (tertiary/aromatic N) is 2. The van der Waals surface area contributed by atoms with Gasteiger partial charge in [-0.05, 0) is 32.4 Å². The van der Waals surface area contributed by atoms with Gasteiger partial charge < -0.3 is 0 Å². The molecule has 1 aromatic carbocycles. The first-order valence-corrected chi connectivity index (χ1v) is 4.94. The fourth-order valence-electron chi connectivity index (χ4n) is 1.70. The number of hydrogen-bond donors (Lipinski definition) is 0. The van der Waals surface area contributed by atoms with Crippen LogP contribution in [0.15, 0.2) is 18.2 Å². The Morgan fingerprint density at radius 3 is 2.64 bits per heavy atom. The second-order valence-corrected chi connectivity index (χ2v) is 3.59. The Hall–Kier alpha value is -1.44. The van der Waals surface area contributed by atoms with Crippen LogP contribution in [-0.2, 0) is 6.42 Å². The number of rotatable bonds is 1. The quantitative estimate of drug-likeness (QED) is 0.684. The second kappa shape index (κ2) is 3.37. The van der Waals surface area contributed by atoms with Crippen molar-refractivity contribution in [1.82, 2.24) is 9.97 Å². The standard InChI is InChI=1S/C12H14N2/c1-4-11-10-7-8(2)5-6-12(10)14-9(3)13-11/h5-7H,4H2,1-3H3. The zero-order valence-electron chi connectivity index (χ0n) is 8.83. The third-order valence-electron chi connectivity index (χ3n) is 2.38. The van der Waals surface area contributed by atoms with E-state index >= 15 is 0 Å². The molecule has 2 rings (SSSR count). The summed E-state index contributed by atoms with van der Waals surface area (Å²) in [7, 11) is 0. The molecule has 1 heterocycles. The van der Waals surface area contributed by atoms with Crippen LogP contribution in [0.5, 0.6) is 0 Å². The highest BCUT2D eigenvalue weighted by Gasteiger charge is 2.03. The van der Waals surface area contributed by atoms with Crippen LogP contribution in [0.4, 0.5) is 0 Å². The minimum absolute atomic E-state index is 0.859. The molecule has 0 bridgehead atoms. The van der Waals surface area contributed by atoms with Gasteiger partial charge in [-0.2, -0.15) is 0 Å². The molecule has 14 heavy (non-hydrogen) atoms. The first-order valence-electron chi connectivity index (χ1n) is 4.94. The summed E-state index contributed by atoms with van der Waals surface area (Å²) in [6.45, 7) is 6.17. The van der Waals surface area contributed by atoms with Crippen LogP contribution < -0.4 is 0 Å². The van der Waals surface area contributed by atoms with Gasteiger partial charge in [-0.15, -0.1) is 0 Å². The molecule has 0 amide bonds. The van der Waals surface area contributed by atoms with E-state index in [4.69, 9.17) is 0 Å². The van der Waals surface area contributed by atoms with Crippen LogP contribution >= 0.6 is 0 Å². The summed E-state index contributed by atoms with van der Waals surface area (Å²) >= 11 is 0. The highest BCUT2D eigenvalue weighted by Crippen LogP contribution is 2.17. The largest absolute Gasteiger partial charge is 0.238 e. The molecule has 2 heteroatoms. The molecule has 0 saturated heterocycles. The molecule has 0 spiro atoms. The van der Waals surface area contributed by atoms with E-state index in [0.29, 0.717) is 0 Å². The summed E-state index contributed by atoms with van der Waals surface area (Å²) in [5, 5.41) is 1.19. The first-order chi connectivity index (χ1) is 6.70. The fourth-order valence-corrected chi connectivity index (χ4v) is 1.70. The number of aryl methyl sites for hydroxylation is 3. The third-order valence-corrected chi connectivity index (χ3v) is 2.38. The lowest BCUT2D eigenvalue weighted by atomic mass is 10.1. The minimum atomic E-state index is 0.859. The Morgan fingerprint density at radius 2 is 1.93 bits per heavy atom. The Labute approximate surface area is 84.0 Å². The van der Waals surface area contributed by atoms with E-state index in [-0.39, 0.29) is 0 Å². The molecule has 0 aliphatic rings. The summed E-state index contributed by atoms with van der Waals surface area (Å²) in [4.78, 5) is 8.86. The fraction of sp³-hybridized carbons (Fsp3) is 0.333. The third kappa shape index (κ3) is 1.48. The molecule has 0 N–H and O–H groups in total. The van der Waals surface area contributed by atoms with Crippen molar-refractivity contribution in [2.24, 2.45) is 0 Å². The van der Waals surface area contributed by atoms with Gasteiger partial charge in [0.25, 0.3) is 0 Å². The monoisotopic (exact) mass is 186 g/mol. The van der Waals surface area contributed by atoms with Crippen molar-refractivity contribution < 1.29 is 0 Å². The van der Waals surface area contributed by atoms with Gasteiger partial charge >= 0.3 is 0 Å². The van der Waals surface area contributed by atoms with Crippen LogP contribution in [0.1, 0.15) is 24.0 Å². The smallest absolute Gasteiger partial charge is 0.126 e. The van der Waals surface area contributed by atoms with Gasteiger partial charge in [0.05, 0.1) is 11.2 Å². The zero-order chi connectivity index (χ0) is 10.1. The van der Waals surface area contributed by atoms with Gasteiger partial charge in [-0.1, -0.05) is 18.6 Å². The van der Waals surface area contributed by atoms with Crippen molar-refractivity contribution in [1.29, 1.82) is 0 Å². The van der Waals surface area contributed by atoms with Crippen LogP contribution in [0.2, 0.25) is 0 Å². The maximum atomic E-state index is 4.45. The average molecular weight is 186 g/mol. The highest BCUT2D eigenvalue weighted by atomic mass is 14.9. The van der Waals surface area contributed by atoms with Gasteiger partial charge in [0.15, 0.2) is 0 Å². The molecule has 72 valence electrons. The van der Waals surface area contributed by atoms with Gasteiger partial charge in [-0.25, -0.2) is 9.97 Å². The lowest BCUT2D eigenvalue weighted by molar-refractivity contribution is 0.980. The topological polar surface area (TPSA) is 25.8 Å². The van der Waals surface area contributed by atoms with E-state index in [1.807, 2.05) is 6.92 Å². The molecule has 2 nitrogen and oxygen atoms in total. The predicted molar refractivity (Wildman–Crippen MR) is 58.4 cm³/mol. The van der Waals surface area contributed by atoms with Gasteiger partial charge in [0, 0.05) is 5.39 Å². The maximum Gasteiger partial charge on any atom is 0.126 e. The Balaban J connectivity index is 2.81. The van der Waals surface area contributed by atoms with Crippen molar-refractivity contribution in [3.63, 3.8) is 0 Å². The molecule has 0 atom stereocenters. The van der Waals surface area contributed by atoms with Gasteiger partial charge in [0.2, 0.25) is 0 Å². The van der Waals surface area contributed by atoms with Crippen molar-refractivity contribution in [2.45, 2.75) is 27.2 Å². The summed E-state index contributed by atoms with van der Waals surface area (Å²) in [5.41, 5.74) is 3.47. The molecule has 0 aliphatic heterocycles. The van der Waals surface area contributed by atoms with Gasteiger partial charge in [0.1, 0.15) is 5.82 Å². The minimum Gasteiger partial charge on any atom is -0.238 e. The van der Waals surface area contributed by atoms with Crippen molar-refractivity contribution in [2.75, 3.05) is 0 Å². The molecule has 1 aromatic heterocycles. The zero-order valence-corrected chi connectivity index (χ0v) is 8.83. The Bertz CT molecular complexity index is 475. The molecular weight excluding hydrogens is 172 g/mol. The Kier molecular flexibility index (Phi) is 2.20. The molecular formula is C12H14N2.